The van der Waals surface area contributed by atoms with E-state index in [1.807, 2.05) is 29.2 Å². The lowest BCUT2D eigenvalue weighted by Crippen LogP contribution is -2.47. The van der Waals surface area contributed by atoms with Gasteiger partial charge in [0.1, 0.15) is 15.8 Å². The van der Waals surface area contributed by atoms with Crippen LogP contribution in [0.5, 0.6) is 0 Å². The van der Waals surface area contributed by atoms with Crippen LogP contribution in [0.2, 0.25) is 0 Å². The number of aromatic nitrogens is 2. The van der Waals surface area contributed by atoms with E-state index < -0.39 is 0 Å². The molecule has 0 amide bonds. The summed E-state index contributed by atoms with van der Waals surface area (Å²) >= 11 is 7.21. The van der Waals surface area contributed by atoms with Gasteiger partial charge in [-0.15, -0.1) is 0 Å². The Hall–Kier alpha value is -3.18. The quantitative estimate of drug-likeness (QED) is 0.344. The summed E-state index contributed by atoms with van der Waals surface area (Å²) in [6, 6.07) is 12.7. The zero-order valence-corrected chi connectivity index (χ0v) is 18.2. The molecule has 0 saturated carbocycles. The molecular formula is C20H21N7O2S2. The predicted molar refractivity (Wildman–Crippen MR) is 129 cm³/mol. The number of anilines is 3. The van der Waals surface area contributed by atoms with E-state index in [1.54, 1.807) is 23.9 Å². The number of hydrogen-bond donors (Lipinski definition) is 2. The number of fused-ring (bicyclic) bond motifs is 1. The average Bonchev–Trinajstić information content (AvgIpc) is 2.77. The van der Waals surface area contributed by atoms with Gasteiger partial charge in [0.15, 0.2) is 0 Å². The minimum atomic E-state index is -0.335. The highest BCUT2D eigenvalue weighted by molar-refractivity contribution is 8.22. The second-order valence-corrected chi connectivity index (χ2v) is 8.70. The van der Waals surface area contributed by atoms with Gasteiger partial charge in [0.05, 0.1) is 10.4 Å². The minimum absolute atomic E-state index is 0.134. The maximum absolute atomic E-state index is 11.3. The number of thioether (sulfide) groups is 1. The Morgan fingerprint density at radius 2 is 1.87 bits per heavy atom. The van der Waals surface area contributed by atoms with E-state index in [4.69, 9.17) is 23.7 Å². The summed E-state index contributed by atoms with van der Waals surface area (Å²) in [5.74, 6) is 1.22. The number of rotatable bonds is 4. The fourth-order valence-corrected chi connectivity index (χ4v) is 4.75. The van der Waals surface area contributed by atoms with Gasteiger partial charge < -0.3 is 21.3 Å². The topological polar surface area (TPSA) is 127 Å². The van der Waals surface area contributed by atoms with Gasteiger partial charge in [-0.2, -0.15) is 4.98 Å². The number of para-hydroxylation sites is 2. The van der Waals surface area contributed by atoms with Crippen molar-refractivity contribution < 1.29 is 4.92 Å². The molecule has 2 heterocycles. The second kappa shape index (κ2) is 8.90. The van der Waals surface area contributed by atoms with Gasteiger partial charge >= 0.3 is 0 Å². The molecule has 1 aromatic heterocycles. The summed E-state index contributed by atoms with van der Waals surface area (Å²) in [7, 11) is 0. The molecule has 3 aromatic rings. The molecule has 1 fully saturated rings. The lowest BCUT2D eigenvalue weighted by molar-refractivity contribution is -0.384. The van der Waals surface area contributed by atoms with Crippen molar-refractivity contribution >= 4 is 62.3 Å². The highest BCUT2D eigenvalue weighted by Crippen LogP contribution is 2.29. The first-order valence-corrected chi connectivity index (χ1v) is 11.0. The number of nitro benzene ring substituents is 1. The summed E-state index contributed by atoms with van der Waals surface area (Å²) in [5, 5.41) is 12.1. The fourth-order valence-electron chi connectivity index (χ4n) is 3.56. The van der Waals surface area contributed by atoms with Crippen LogP contribution in [-0.2, 0) is 5.75 Å². The first-order chi connectivity index (χ1) is 14.9. The zero-order chi connectivity index (χ0) is 22.0. The molecule has 4 rings (SSSR count). The van der Waals surface area contributed by atoms with Gasteiger partial charge in [-0.25, -0.2) is 4.98 Å². The van der Waals surface area contributed by atoms with Crippen molar-refractivity contribution in [2.24, 2.45) is 0 Å². The van der Waals surface area contributed by atoms with Gasteiger partial charge in [-0.1, -0.05) is 42.2 Å². The van der Waals surface area contributed by atoms with Crippen LogP contribution in [-0.4, -0.2) is 50.3 Å². The highest BCUT2D eigenvalue weighted by atomic mass is 32.2. The van der Waals surface area contributed by atoms with Gasteiger partial charge in [-0.05, 0) is 23.8 Å². The van der Waals surface area contributed by atoms with Gasteiger partial charge in [-0.3, -0.25) is 10.1 Å². The van der Waals surface area contributed by atoms with E-state index in [9.17, 15) is 10.1 Å². The summed E-state index contributed by atoms with van der Waals surface area (Å²) in [6.07, 6.45) is 0. The van der Waals surface area contributed by atoms with Crippen LogP contribution < -0.4 is 16.4 Å². The van der Waals surface area contributed by atoms with E-state index in [1.165, 1.54) is 6.07 Å². The molecule has 31 heavy (non-hydrogen) atoms. The van der Waals surface area contributed by atoms with Crippen LogP contribution in [0.15, 0.2) is 42.5 Å². The maximum Gasteiger partial charge on any atom is 0.292 e. The maximum atomic E-state index is 11.3. The Morgan fingerprint density at radius 1 is 1.13 bits per heavy atom. The third-order valence-corrected chi connectivity index (χ3v) is 6.72. The minimum Gasteiger partial charge on any atom is -0.383 e. The Balaban J connectivity index is 1.36. The normalized spacial score (nSPS) is 14.1. The first-order valence-electron chi connectivity index (χ1n) is 9.64. The number of benzene rings is 2. The molecule has 0 unspecified atom stereocenters. The number of hydrogen-bond acceptors (Lipinski definition) is 9. The van der Waals surface area contributed by atoms with Gasteiger partial charge in [0.25, 0.3) is 5.69 Å². The Morgan fingerprint density at radius 3 is 2.61 bits per heavy atom. The SMILES string of the molecule is Nc1nc(N)c2cc(CSC(=S)N3CCN(c4ccccc4[N+](=O)[O-])CC3)ccc2n1. The monoisotopic (exact) mass is 455 g/mol. The van der Waals surface area contributed by atoms with E-state index in [-0.39, 0.29) is 16.6 Å². The Labute approximate surface area is 188 Å². The van der Waals surface area contributed by atoms with Crippen molar-refractivity contribution in [2.75, 3.05) is 42.5 Å². The van der Waals surface area contributed by atoms with Gasteiger partial charge in [0.2, 0.25) is 5.95 Å². The lowest BCUT2D eigenvalue weighted by atomic mass is 10.1. The molecule has 0 spiro atoms. The summed E-state index contributed by atoms with van der Waals surface area (Å²) in [5.41, 5.74) is 14.2. The summed E-state index contributed by atoms with van der Waals surface area (Å²) < 4.78 is 0.809. The van der Waals surface area contributed by atoms with Crippen LogP contribution in [0.3, 0.4) is 0 Å². The smallest absolute Gasteiger partial charge is 0.292 e. The molecule has 9 nitrogen and oxygen atoms in total. The third kappa shape index (κ3) is 4.62. The number of nitrogen functional groups attached to an aromatic ring is 2. The standard InChI is InChI=1S/C20H21N7O2S2/c21-18-14-11-13(5-6-15(14)23-19(22)24-18)12-31-20(30)26-9-7-25(8-10-26)16-3-1-2-4-17(16)27(28)29/h1-6,11H,7-10,12H2,(H4,21,22,23,24). The second-order valence-electron chi connectivity index (χ2n) is 7.09. The summed E-state index contributed by atoms with van der Waals surface area (Å²) in [6.45, 7) is 2.79. The number of thiocarbonyl (C=S) groups is 1. The molecule has 4 N–H and O–H groups in total. The molecule has 160 valence electrons. The first kappa shape index (κ1) is 21.1. The van der Waals surface area contributed by atoms with Gasteiger partial charge in [0, 0.05) is 43.4 Å². The molecule has 0 atom stereocenters. The number of piperazine rings is 1. The van der Waals surface area contributed by atoms with E-state index in [2.05, 4.69) is 14.9 Å². The van der Waals surface area contributed by atoms with Crippen molar-refractivity contribution in [3.63, 3.8) is 0 Å². The molecule has 0 bridgehead atoms. The molecule has 1 saturated heterocycles. The molecule has 11 heteroatoms. The predicted octanol–water partition coefficient (Wildman–Crippen LogP) is 3.04. The van der Waals surface area contributed by atoms with Crippen molar-refractivity contribution in [3.8, 4) is 0 Å². The van der Waals surface area contributed by atoms with E-state index in [0.717, 1.165) is 28.4 Å². The lowest BCUT2D eigenvalue weighted by Gasteiger charge is -2.36. The van der Waals surface area contributed by atoms with Crippen molar-refractivity contribution in [2.45, 2.75) is 5.75 Å². The van der Waals surface area contributed by atoms with Crippen molar-refractivity contribution in [1.82, 2.24) is 14.9 Å². The third-order valence-electron chi connectivity index (χ3n) is 5.13. The van der Waals surface area contributed by atoms with Crippen LogP contribution in [0.25, 0.3) is 10.9 Å². The molecule has 1 aliphatic heterocycles. The number of nitrogens with two attached hydrogens (primary N) is 2. The Kier molecular flexibility index (Phi) is 6.05. The van der Waals surface area contributed by atoms with Crippen molar-refractivity contribution in [1.29, 1.82) is 0 Å². The van der Waals surface area contributed by atoms with Crippen molar-refractivity contribution in [3.05, 3.63) is 58.1 Å². The zero-order valence-electron chi connectivity index (χ0n) is 16.6. The Bertz CT molecular complexity index is 1150. The largest absolute Gasteiger partial charge is 0.383 e. The average molecular weight is 456 g/mol. The number of nitro groups is 1. The fraction of sp³-hybridized carbons (Fsp3) is 0.250. The molecular weight excluding hydrogens is 434 g/mol. The van der Waals surface area contributed by atoms with E-state index >= 15 is 0 Å². The highest BCUT2D eigenvalue weighted by Gasteiger charge is 2.24. The van der Waals surface area contributed by atoms with Crippen LogP contribution in [0.1, 0.15) is 5.56 Å². The molecule has 0 aliphatic carbocycles. The van der Waals surface area contributed by atoms with E-state index in [0.29, 0.717) is 35.9 Å². The van der Waals surface area contributed by atoms with Crippen LogP contribution in [0.4, 0.5) is 23.1 Å². The molecule has 2 aromatic carbocycles. The molecule has 0 radical (unpaired) electrons. The number of nitrogens with zero attached hydrogens (tertiary/aromatic N) is 5. The summed E-state index contributed by atoms with van der Waals surface area (Å²) in [4.78, 5) is 23.4. The van der Waals surface area contributed by atoms with Crippen LogP contribution in [0, 0.1) is 10.1 Å². The molecule has 1 aliphatic rings. The van der Waals surface area contributed by atoms with Crippen LogP contribution >= 0.6 is 24.0 Å².